The van der Waals surface area contributed by atoms with Crippen molar-refractivity contribution in [2.24, 2.45) is 0 Å². The highest BCUT2D eigenvalue weighted by Crippen LogP contribution is 2.10. The molecule has 0 aliphatic carbocycles. The van der Waals surface area contributed by atoms with Crippen LogP contribution in [0, 0.1) is 0 Å². The number of methoxy groups -OCH3 is 1. The third-order valence-electron chi connectivity index (χ3n) is 2.30. The van der Waals surface area contributed by atoms with Crippen LogP contribution in [0.25, 0.3) is 4.96 Å². The van der Waals surface area contributed by atoms with E-state index in [9.17, 15) is 0 Å². The third kappa shape index (κ3) is 3.78. The van der Waals surface area contributed by atoms with E-state index in [1.165, 1.54) is 0 Å². The molecule has 0 bridgehead atoms. The van der Waals surface area contributed by atoms with Crippen LogP contribution in [-0.2, 0) is 16.0 Å². The highest BCUT2D eigenvalue weighted by molar-refractivity contribution is 7.15. The van der Waals surface area contributed by atoms with Gasteiger partial charge in [-0.2, -0.15) is 0 Å². The van der Waals surface area contributed by atoms with Crippen LogP contribution < -0.4 is 5.32 Å². The number of rotatable bonds is 8. The molecule has 0 saturated carbocycles. The van der Waals surface area contributed by atoms with E-state index in [4.69, 9.17) is 9.47 Å². The summed E-state index contributed by atoms with van der Waals surface area (Å²) in [5.74, 6) is 0. The van der Waals surface area contributed by atoms with Crippen LogP contribution in [-0.4, -0.2) is 42.9 Å². The van der Waals surface area contributed by atoms with Gasteiger partial charge >= 0.3 is 0 Å². The molecule has 0 aromatic carbocycles. The number of thiazole rings is 1. The zero-order chi connectivity index (χ0) is 11.9. The molecule has 2 aromatic rings. The average molecular weight is 255 g/mol. The van der Waals surface area contributed by atoms with E-state index in [-0.39, 0.29) is 0 Å². The summed E-state index contributed by atoms with van der Waals surface area (Å²) in [7, 11) is 1.67. The Bertz CT molecular complexity index is 412. The smallest absolute Gasteiger partial charge is 0.193 e. The van der Waals surface area contributed by atoms with Crippen molar-refractivity contribution in [2.75, 3.05) is 33.5 Å². The van der Waals surface area contributed by atoms with Crippen LogP contribution in [0.5, 0.6) is 0 Å². The molecular formula is C11H17N3O2S. The van der Waals surface area contributed by atoms with E-state index >= 15 is 0 Å². The number of hydrogen-bond acceptors (Lipinski definition) is 5. The molecule has 0 fully saturated rings. The molecule has 2 heterocycles. The summed E-state index contributed by atoms with van der Waals surface area (Å²) in [4.78, 5) is 5.52. The minimum Gasteiger partial charge on any atom is -0.382 e. The molecule has 2 rings (SSSR count). The Morgan fingerprint density at radius 3 is 3.18 bits per heavy atom. The van der Waals surface area contributed by atoms with Gasteiger partial charge in [-0.25, -0.2) is 4.98 Å². The molecule has 0 spiro atoms. The van der Waals surface area contributed by atoms with Gasteiger partial charge in [-0.3, -0.25) is 4.40 Å². The van der Waals surface area contributed by atoms with Gasteiger partial charge in [-0.05, 0) is 0 Å². The van der Waals surface area contributed by atoms with Crippen molar-refractivity contribution in [3.63, 3.8) is 0 Å². The standard InChI is InChI=1S/C11H17N3O2S/c1-15-5-6-16-4-2-12-8-10-9-14-3-7-17-11(14)13-10/h3,7,9,12H,2,4-6,8H2,1H3. The summed E-state index contributed by atoms with van der Waals surface area (Å²) in [5.41, 5.74) is 1.06. The summed E-state index contributed by atoms with van der Waals surface area (Å²) < 4.78 is 12.3. The second kappa shape index (κ2) is 6.70. The summed E-state index contributed by atoms with van der Waals surface area (Å²) in [6.07, 6.45) is 4.06. The zero-order valence-corrected chi connectivity index (χ0v) is 10.7. The maximum atomic E-state index is 5.34. The first-order valence-electron chi connectivity index (χ1n) is 5.58. The van der Waals surface area contributed by atoms with Crippen LogP contribution in [0.2, 0.25) is 0 Å². The molecule has 17 heavy (non-hydrogen) atoms. The summed E-state index contributed by atoms with van der Waals surface area (Å²) in [6, 6.07) is 0. The SMILES string of the molecule is COCCOCCNCc1cn2ccsc2n1. The first-order chi connectivity index (χ1) is 8.40. The molecule has 6 heteroatoms. The molecular weight excluding hydrogens is 238 g/mol. The number of aromatic nitrogens is 2. The Balaban J connectivity index is 1.60. The van der Waals surface area contributed by atoms with Gasteiger partial charge in [0.2, 0.25) is 0 Å². The van der Waals surface area contributed by atoms with Gasteiger partial charge in [0, 0.05) is 38.0 Å². The Morgan fingerprint density at radius 2 is 2.35 bits per heavy atom. The van der Waals surface area contributed by atoms with Crippen LogP contribution in [0.3, 0.4) is 0 Å². The first kappa shape index (κ1) is 12.5. The zero-order valence-electron chi connectivity index (χ0n) is 9.89. The fourth-order valence-corrected chi connectivity index (χ4v) is 2.19. The predicted molar refractivity (Wildman–Crippen MR) is 67.5 cm³/mol. The van der Waals surface area contributed by atoms with E-state index in [1.54, 1.807) is 18.4 Å². The summed E-state index contributed by atoms with van der Waals surface area (Å²) in [5, 5.41) is 5.32. The highest BCUT2D eigenvalue weighted by atomic mass is 32.1. The van der Waals surface area contributed by atoms with Gasteiger partial charge in [0.1, 0.15) is 0 Å². The molecule has 0 amide bonds. The second-order valence-electron chi connectivity index (χ2n) is 3.61. The second-order valence-corrected chi connectivity index (χ2v) is 4.48. The molecule has 5 nitrogen and oxygen atoms in total. The molecule has 0 unspecified atom stereocenters. The predicted octanol–water partition coefficient (Wildman–Crippen LogP) is 1.15. The van der Waals surface area contributed by atoms with Gasteiger partial charge in [0.15, 0.2) is 4.96 Å². The number of imidazole rings is 1. The van der Waals surface area contributed by atoms with Crippen molar-refractivity contribution >= 4 is 16.3 Å². The number of hydrogen-bond donors (Lipinski definition) is 1. The van der Waals surface area contributed by atoms with E-state index < -0.39 is 0 Å². The normalized spacial score (nSPS) is 11.4. The van der Waals surface area contributed by atoms with E-state index in [1.807, 2.05) is 22.2 Å². The van der Waals surface area contributed by atoms with Crippen LogP contribution in [0.4, 0.5) is 0 Å². The molecule has 0 aliphatic rings. The van der Waals surface area contributed by atoms with E-state index in [2.05, 4.69) is 10.3 Å². The minimum absolute atomic E-state index is 0.650. The third-order valence-corrected chi connectivity index (χ3v) is 3.07. The fraction of sp³-hybridized carbons (Fsp3) is 0.545. The van der Waals surface area contributed by atoms with Crippen molar-refractivity contribution in [1.82, 2.24) is 14.7 Å². The molecule has 0 atom stereocenters. The lowest BCUT2D eigenvalue weighted by molar-refractivity contribution is 0.0719. The van der Waals surface area contributed by atoms with Crippen molar-refractivity contribution in [3.8, 4) is 0 Å². The monoisotopic (exact) mass is 255 g/mol. The molecule has 0 saturated heterocycles. The van der Waals surface area contributed by atoms with Gasteiger partial charge in [0.25, 0.3) is 0 Å². The molecule has 2 aromatic heterocycles. The van der Waals surface area contributed by atoms with Gasteiger partial charge < -0.3 is 14.8 Å². The van der Waals surface area contributed by atoms with Gasteiger partial charge in [0.05, 0.1) is 25.5 Å². The Hall–Kier alpha value is -0.950. The van der Waals surface area contributed by atoms with Crippen LogP contribution in [0.1, 0.15) is 5.69 Å². The van der Waals surface area contributed by atoms with Crippen LogP contribution >= 0.6 is 11.3 Å². The number of fused-ring (bicyclic) bond motifs is 1. The Morgan fingerprint density at radius 1 is 1.41 bits per heavy atom. The van der Waals surface area contributed by atoms with Gasteiger partial charge in [-0.15, -0.1) is 11.3 Å². The molecule has 0 aliphatic heterocycles. The quantitative estimate of drug-likeness (QED) is 0.719. The fourth-order valence-electron chi connectivity index (χ4n) is 1.47. The number of nitrogens with zero attached hydrogens (tertiary/aromatic N) is 2. The van der Waals surface area contributed by atoms with Crippen molar-refractivity contribution in [2.45, 2.75) is 6.54 Å². The lowest BCUT2D eigenvalue weighted by atomic mass is 10.4. The molecule has 1 N–H and O–H groups in total. The largest absolute Gasteiger partial charge is 0.382 e. The topological polar surface area (TPSA) is 47.8 Å². The Labute approximate surface area is 104 Å². The molecule has 0 radical (unpaired) electrons. The van der Waals surface area contributed by atoms with E-state index in [0.717, 1.165) is 23.7 Å². The number of nitrogens with one attached hydrogen (secondary N) is 1. The van der Waals surface area contributed by atoms with Gasteiger partial charge in [-0.1, -0.05) is 0 Å². The highest BCUT2D eigenvalue weighted by Gasteiger charge is 2.01. The average Bonchev–Trinajstić information content (AvgIpc) is 2.88. The number of ether oxygens (including phenoxy) is 2. The lowest BCUT2D eigenvalue weighted by Gasteiger charge is -2.04. The maximum Gasteiger partial charge on any atom is 0.193 e. The van der Waals surface area contributed by atoms with Crippen molar-refractivity contribution in [1.29, 1.82) is 0 Å². The Kier molecular flexibility index (Phi) is 4.93. The van der Waals surface area contributed by atoms with Crippen LogP contribution in [0.15, 0.2) is 17.8 Å². The summed E-state index contributed by atoms with van der Waals surface area (Å²) >= 11 is 1.65. The van der Waals surface area contributed by atoms with Crippen molar-refractivity contribution < 1.29 is 9.47 Å². The van der Waals surface area contributed by atoms with Crippen molar-refractivity contribution in [3.05, 3.63) is 23.5 Å². The molecule has 94 valence electrons. The van der Waals surface area contributed by atoms with E-state index in [0.29, 0.717) is 19.8 Å². The lowest BCUT2D eigenvalue weighted by Crippen LogP contribution is -2.20. The minimum atomic E-state index is 0.650. The maximum absolute atomic E-state index is 5.34. The first-order valence-corrected chi connectivity index (χ1v) is 6.46. The summed E-state index contributed by atoms with van der Waals surface area (Å²) in [6.45, 7) is 3.61.